The van der Waals surface area contributed by atoms with Gasteiger partial charge in [0, 0.05) is 39.0 Å². The molecule has 0 amide bonds. The molecular weight excluding hydrogens is 657 g/mol. The van der Waals surface area contributed by atoms with Gasteiger partial charge in [-0.1, -0.05) is 122 Å². The lowest BCUT2D eigenvalue weighted by Gasteiger charge is -2.04. The highest BCUT2D eigenvalue weighted by Gasteiger charge is 2.13. The van der Waals surface area contributed by atoms with Gasteiger partial charge in [0.2, 0.25) is 0 Å². The van der Waals surface area contributed by atoms with Crippen LogP contribution in [-0.2, 0) is 0 Å². The van der Waals surface area contributed by atoms with E-state index in [1.165, 1.54) is 72.4 Å². The minimum Gasteiger partial charge on any atom is -0.134 e. The summed E-state index contributed by atoms with van der Waals surface area (Å²) in [5.74, 6) is 0. The quantitative estimate of drug-likeness (QED) is 0.142. The van der Waals surface area contributed by atoms with E-state index in [1.807, 2.05) is 57.5 Å². The molecule has 0 fully saturated rings. The molecule has 0 spiro atoms. The van der Waals surface area contributed by atoms with Crippen LogP contribution >= 0.6 is 45.3 Å². The topological polar surface area (TPSA) is 0 Å². The third-order valence-electron chi connectivity index (χ3n) is 8.45. The van der Waals surface area contributed by atoms with Crippen LogP contribution in [0, 0.1) is 0 Å². The molecular formula is C44H30S4. The highest BCUT2D eigenvalue weighted by atomic mass is 32.1. The van der Waals surface area contributed by atoms with Crippen molar-refractivity contribution in [1.29, 1.82) is 0 Å². The van der Waals surface area contributed by atoms with Gasteiger partial charge < -0.3 is 0 Å². The number of benzene rings is 4. The van der Waals surface area contributed by atoms with Gasteiger partial charge in [-0.2, -0.15) is 0 Å². The van der Waals surface area contributed by atoms with Crippen molar-refractivity contribution in [2.45, 2.75) is 0 Å². The Hall–Kier alpha value is -4.84. The van der Waals surface area contributed by atoms with E-state index in [9.17, 15) is 0 Å². The fraction of sp³-hybridized carbons (Fsp3) is 0. The van der Waals surface area contributed by atoms with Gasteiger partial charge in [0.25, 0.3) is 0 Å². The van der Waals surface area contributed by atoms with E-state index in [4.69, 9.17) is 0 Å². The van der Waals surface area contributed by atoms with E-state index in [0.717, 1.165) is 11.1 Å². The molecule has 0 saturated heterocycles. The SMILES string of the molecule is C=Cc1ccc(-c2ccc(-c3ccc(-c4ccc(-c5ccc(-c6ccc(-c7ccc(-c8ccc(C=C)cc8)cc7)s6)s5)s4)s3)cc2)cc1. The predicted octanol–water partition coefficient (Wildman–Crippen LogP) is 14.9. The average molecular weight is 687 g/mol. The maximum Gasteiger partial charge on any atom is 0.0449 e. The molecule has 0 radical (unpaired) electrons. The van der Waals surface area contributed by atoms with Crippen molar-refractivity contribution in [3.63, 3.8) is 0 Å². The first-order valence-electron chi connectivity index (χ1n) is 15.7. The summed E-state index contributed by atoms with van der Waals surface area (Å²) < 4.78 is 0. The summed E-state index contributed by atoms with van der Waals surface area (Å²) in [6.45, 7) is 7.71. The summed E-state index contributed by atoms with van der Waals surface area (Å²) in [4.78, 5) is 10.5. The predicted molar refractivity (Wildman–Crippen MR) is 216 cm³/mol. The van der Waals surface area contributed by atoms with Crippen LogP contribution in [0.4, 0.5) is 0 Å². The van der Waals surface area contributed by atoms with Gasteiger partial charge in [0.05, 0.1) is 0 Å². The van der Waals surface area contributed by atoms with Gasteiger partial charge in [-0.15, -0.1) is 45.3 Å². The standard InChI is InChI=1S/C44H30S4/c1-3-29-5-9-31(10-6-29)33-13-17-35(18-14-33)37-21-23-39(45-37)41-25-27-43(47-41)44-28-26-42(48-44)40-24-22-38(46-40)36-19-15-34(16-20-36)32-11-7-30(4-2)8-12-32/h3-28H,1-2H2. The van der Waals surface area contributed by atoms with Gasteiger partial charge in [-0.05, 0) is 93.0 Å². The maximum absolute atomic E-state index is 3.85. The molecule has 0 N–H and O–H groups in total. The van der Waals surface area contributed by atoms with Crippen molar-refractivity contribution in [3.8, 4) is 72.4 Å². The second kappa shape index (κ2) is 13.3. The van der Waals surface area contributed by atoms with Crippen LogP contribution in [0.15, 0.2) is 159 Å². The van der Waals surface area contributed by atoms with Crippen molar-refractivity contribution in [1.82, 2.24) is 0 Å². The monoisotopic (exact) mass is 686 g/mol. The molecule has 8 aromatic rings. The molecule has 0 saturated carbocycles. The number of hydrogen-bond donors (Lipinski definition) is 0. The largest absolute Gasteiger partial charge is 0.134 e. The molecule has 4 aromatic heterocycles. The lowest BCUT2D eigenvalue weighted by Crippen LogP contribution is -1.79. The summed E-state index contributed by atoms with van der Waals surface area (Å²) in [6.07, 6.45) is 3.75. The molecule has 48 heavy (non-hydrogen) atoms. The highest BCUT2D eigenvalue weighted by Crippen LogP contribution is 2.45. The molecule has 0 atom stereocenters. The molecule has 230 valence electrons. The Bertz CT molecular complexity index is 2170. The third-order valence-corrected chi connectivity index (χ3v) is 13.5. The van der Waals surface area contributed by atoms with Gasteiger partial charge >= 0.3 is 0 Å². The first-order valence-corrected chi connectivity index (χ1v) is 19.0. The average Bonchev–Trinajstić information content (AvgIpc) is 3.99. The van der Waals surface area contributed by atoms with Gasteiger partial charge in [0.15, 0.2) is 0 Å². The van der Waals surface area contributed by atoms with E-state index in [0.29, 0.717) is 0 Å². The zero-order valence-corrected chi connectivity index (χ0v) is 29.3. The van der Waals surface area contributed by atoms with Crippen molar-refractivity contribution >= 4 is 57.5 Å². The smallest absolute Gasteiger partial charge is 0.0449 e. The van der Waals surface area contributed by atoms with Gasteiger partial charge in [0.1, 0.15) is 0 Å². The lowest BCUT2D eigenvalue weighted by molar-refractivity contribution is 1.60. The summed E-state index contributed by atoms with van der Waals surface area (Å²) in [5.41, 5.74) is 9.67. The second-order valence-corrected chi connectivity index (χ2v) is 15.8. The number of rotatable bonds is 9. The zero-order valence-electron chi connectivity index (χ0n) is 26.1. The van der Waals surface area contributed by atoms with Crippen LogP contribution in [0.25, 0.3) is 84.5 Å². The zero-order chi connectivity index (χ0) is 32.5. The molecule has 4 aromatic carbocycles. The molecule has 0 nitrogen and oxygen atoms in total. The molecule has 0 unspecified atom stereocenters. The Kier molecular flexibility index (Phi) is 8.48. The van der Waals surface area contributed by atoms with E-state index >= 15 is 0 Å². The van der Waals surface area contributed by atoms with Crippen molar-refractivity contribution < 1.29 is 0 Å². The Morgan fingerprint density at radius 1 is 0.250 bits per heavy atom. The molecule has 4 heteroatoms. The highest BCUT2D eigenvalue weighted by molar-refractivity contribution is 7.29. The molecule has 0 aliphatic rings. The summed E-state index contributed by atoms with van der Waals surface area (Å²) in [5, 5.41) is 0. The van der Waals surface area contributed by atoms with Crippen LogP contribution in [-0.4, -0.2) is 0 Å². The first kappa shape index (κ1) is 30.5. The minimum atomic E-state index is 1.14. The van der Waals surface area contributed by atoms with Crippen LogP contribution in [0.3, 0.4) is 0 Å². The van der Waals surface area contributed by atoms with E-state index in [2.05, 4.69) is 159 Å². The molecule has 0 bridgehead atoms. The van der Waals surface area contributed by atoms with E-state index in [-0.39, 0.29) is 0 Å². The summed E-state index contributed by atoms with van der Waals surface area (Å²) >= 11 is 7.47. The summed E-state index contributed by atoms with van der Waals surface area (Å²) in [6, 6.07) is 52.9. The van der Waals surface area contributed by atoms with Gasteiger partial charge in [-0.3, -0.25) is 0 Å². The molecule has 0 aliphatic carbocycles. The van der Waals surface area contributed by atoms with Crippen LogP contribution in [0.2, 0.25) is 0 Å². The normalized spacial score (nSPS) is 11.1. The van der Waals surface area contributed by atoms with Crippen LogP contribution < -0.4 is 0 Å². The van der Waals surface area contributed by atoms with E-state index < -0.39 is 0 Å². The Morgan fingerprint density at radius 2 is 0.458 bits per heavy atom. The fourth-order valence-corrected chi connectivity index (χ4v) is 10.0. The number of thiophene rings is 4. The Morgan fingerprint density at radius 3 is 0.729 bits per heavy atom. The summed E-state index contributed by atoms with van der Waals surface area (Å²) in [7, 11) is 0. The van der Waals surface area contributed by atoms with Crippen molar-refractivity contribution in [2.24, 2.45) is 0 Å². The molecule has 0 aliphatic heterocycles. The number of hydrogen-bond acceptors (Lipinski definition) is 4. The Labute approximate surface area is 297 Å². The van der Waals surface area contributed by atoms with Crippen molar-refractivity contribution in [2.75, 3.05) is 0 Å². The molecule has 8 rings (SSSR count). The van der Waals surface area contributed by atoms with Crippen LogP contribution in [0.5, 0.6) is 0 Å². The minimum absolute atomic E-state index is 1.14. The fourth-order valence-electron chi connectivity index (χ4n) is 5.73. The first-order chi connectivity index (χ1) is 23.6. The molecule has 4 heterocycles. The van der Waals surface area contributed by atoms with Gasteiger partial charge in [-0.25, -0.2) is 0 Å². The second-order valence-electron chi connectivity index (χ2n) is 11.5. The maximum atomic E-state index is 3.85. The van der Waals surface area contributed by atoms with E-state index in [1.54, 1.807) is 0 Å². The van der Waals surface area contributed by atoms with Crippen molar-refractivity contribution in [3.05, 3.63) is 170 Å². The van der Waals surface area contributed by atoms with Crippen LogP contribution in [0.1, 0.15) is 11.1 Å². The Balaban J connectivity index is 0.950. The third kappa shape index (κ3) is 6.24. The lowest BCUT2D eigenvalue weighted by atomic mass is 10.0.